The Morgan fingerprint density at radius 3 is 2.14 bits per heavy atom. The summed E-state index contributed by atoms with van der Waals surface area (Å²) in [6.45, 7) is 0. The first-order chi connectivity index (χ1) is 3.47. The largest absolute Gasteiger partial charge is 0.0666 e. The van der Waals surface area contributed by atoms with Gasteiger partial charge in [-0.25, -0.2) is 0 Å². The summed E-state index contributed by atoms with van der Waals surface area (Å²) in [4.78, 5) is 0. The summed E-state index contributed by atoms with van der Waals surface area (Å²) < 4.78 is 0. The Labute approximate surface area is 43.2 Å². The topological polar surface area (TPSA) is 0 Å². The van der Waals surface area contributed by atoms with E-state index >= 15 is 0 Å². The summed E-state index contributed by atoms with van der Waals surface area (Å²) in [6.07, 6.45) is 4.50. The van der Waals surface area contributed by atoms with Gasteiger partial charge in [-0.05, 0) is 31.1 Å². The maximum absolute atomic E-state index is 1.87. The van der Waals surface area contributed by atoms with Gasteiger partial charge < -0.3 is 0 Å². The molecule has 2 atom stereocenters. The van der Waals surface area contributed by atoms with Crippen LogP contribution in [0.4, 0.5) is 0 Å². The number of rotatable bonds is 0. The predicted octanol–water partition coefficient (Wildman–Crippen LogP) is 1.73. The summed E-state index contributed by atoms with van der Waals surface area (Å²) in [5.41, 5.74) is 3.73. The molecule has 0 aromatic rings. The minimum atomic E-state index is 1.13. The Balaban J connectivity index is 2.32. The molecule has 0 spiro atoms. The zero-order valence-electron chi connectivity index (χ0n) is 4.28. The first-order valence-corrected chi connectivity index (χ1v) is 3.18. The highest BCUT2D eigenvalue weighted by atomic mass is 14.6. The zero-order chi connectivity index (χ0) is 4.43. The highest BCUT2D eigenvalue weighted by Crippen LogP contribution is 2.66. The van der Waals surface area contributed by atoms with Gasteiger partial charge in [-0.1, -0.05) is 11.1 Å². The van der Waals surface area contributed by atoms with Gasteiger partial charge in [0.25, 0.3) is 0 Å². The molecule has 5 rings (SSSR count). The number of hydrogen-bond donors (Lipinski definition) is 0. The van der Waals surface area contributed by atoms with Crippen molar-refractivity contribution in [2.45, 2.75) is 19.3 Å². The normalized spacial score (nSPS) is 51.4. The fourth-order valence-corrected chi connectivity index (χ4v) is 2.39. The molecule has 0 aromatic carbocycles. The SMILES string of the molecule is C1CC2C3=C1C2C3. The average Bonchev–Trinajstić information content (AvgIpc) is 1.82. The second kappa shape index (κ2) is 0.594. The van der Waals surface area contributed by atoms with Crippen LogP contribution in [-0.2, 0) is 0 Å². The Kier molecular flexibility index (Phi) is 0.247. The smallest absolute Gasteiger partial charge is 0.00971 e. The summed E-state index contributed by atoms with van der Waals surface area (Å²) in [5, 5.41) is 0. The van der Waals surface area contributed by atoms with Crippen molar-refractivity contribution >= 4 is 0 Å². The zero-order valence-corrected chi connectivity index (χ0v) is 4.28. The molecule has 5 aliphatic rings. The minimum absolute atomic E-state index is 1.13. The Morgan fingerprint density at radius 2 is 2.00 bits per heavy atom. The van der Waals surface area contributed by atoms with Crippen molar-refractivity contribution in [2.24, 2.45) is 11.8 Å². The summed E-state index contributed by atoms with van der Waals surface area (Å²) >= 11 is 0. The molecule has 5 aliphatic carbocycles. The second-order valence-electron chi connectivity index (χ2n) is 3.01. The van der Waals surface area contributed by atoms with Crippen LogP contribution in [0.5, 0.6) is 0 Å². The summed E-state index contributed by atoms with van der Waals surface area (Å²) in [6, 6.07) is 0. The van der Waals surface area contributed by atoms with Crippen molar-refractivity contribution in [1.29, 1.82) is 0 Å². The second-order valence-corrected chi connectivity index (χ2v) is 3.01. The number of hydrogen-bond acceptors (Lipinski definition) is 0. The third-order valence-corrected chi connectivity index (χ3v) is 2.96. The molecule has 4 bridgehead atoms. The standard InChI is InChI=1S/C7H8/c1-2-5-6-3-7(5)4(1)6/h4,6H,1-3H2. The lowest BCUT2D eigenvalue weighted by Gasteiger charge is -2.47. The van der Waals surface area contributed by atoms with Crippen molar-refractivity contribution in [3.05, 3.63) is 11.1 Å². The van der Waals surface area contributed by atoms with Crippen molar-refractivity contribution in [3.8, 4) is 0 Å². The number of allylic oxidation sites excluding steroid dienone is 2. The van der Waals surface area contributed by atoms with E-state index in [9.17, 15) is 0 Å². The molecule has 2 saturated carbocycles. The van der Waals surface area contributed by atoms with E-state index in [2.05, 4.69) is 0 Å². The molecule has 0 nitrogen and oxygen atoms in total. The first kappa shape index (κ1) is 2.91. The molecule has 36 valence electrons. The number of fused-ring (bicyclic) bond motifs is 1. The molecule has 0 heteroatoms. The predicted molar refractivity (Wildman–Crippen MR) is 27.9 cm³/mol. The van der Waals surface area contributed by atoms with Crippen LogP contribution in [0.25, 0.3) is 0 Å². The van der Waals surface area contributed by atoms with E-state index in [0.29, 0.717) is 0 Å². The molecule has 0 amide bonds. The molecule has 0 saturated heterocycles. The molecule has 0 aromatic heterocycles. The molecule has 2 fully saturated rings. The van der Waals surface area contributed by atoms with Crippen LogP contribution in [-0.4, -0.2) is 0 Å². The third-order valence-electron chi connectivity index (χ3n) is 2.96. The fourth-order valence-electron chi connectivity index (χ4n) is 2.39. The van der Waals surface area contributed by atoms with Gasteiger partial charge in [0.2, 0.25) is 0 Å². The van der Waals surface area contributed by atoms with Gasteiger partial charge in [0, 0.05) is 0 Å². The summed E-state index contributed by atoms with van der Waals surface area (Å²) in [7, 11) is 0. The first-order valence-electron chi connectivity index (χ1n) is 3.18. The molecule has 0 N–H and O–H groups in total. The fraction of sp³-hybridized carbons (Fsp3) is 0.714. The maximum Gasteiger partial charge on any atom is -0.00971 e. The Hall–Kier alpha value is -0.260. The van der Waals surface area contributed by atoms with Crippen LogP contribution in [0.1, 0.15) is 19.3 Å². The highest BCUT2D eigenvalue weighted by molar-refractivity contribution is 5.48. The van der Waals surface area contributed by atoms with Gasteiger partial charge in [0.05, 0.1) is 0 Å². The maximum atomic E-state index is 1.87. The minimum Gasteiger partial charge on any atom is -0.0666 e. The van der Waals surface area contributed by atoms with Crippen LogP contribution in [0.3, 0.4) is 0 Å². The lowest BCUT2D eigenvalue weighted by Crippen LogP contribution is -2.36. The van der Waals surface area contributed by atoms with E-state index in [1.807, 2.05) is 11.1 Å². The highest BCUT2D eigenvalue weighted by Gasteiger charge is 2.54. The molecular formula is C7H8. The van der Waals surface area contributed by atoms with Crippen LogP contribution in [0.2, 0.25) is 0 Å². The van der Waals surface area contributed by atoms with Gasteiger partial charge in [0.1, 0.15) is 0 Å². The molecule has 2 unspecified atom stereocenters. The van der Waals surface area contributed by atoms with Gasteiger partial charge >= 0.3 is 0 Å². The molecule has 0 radical (unpaired) electrons. The lowest BCUT2D eigenvalue weighted by atomic mass is 9.57. The van der Waals surface area contributed by atoms with Crippen LogP contribution >= 0.6 is 0 Å². The monoisotopic (exact) mass is 92.1 g/mol. The molecule has 0 aliphatic heterocycles. The van der Waals surface area contributed by atoms with E-state index in [-0.39, 0.29) is 0 Å². The van der Waals surface area contributed by atoms with E-state index < -0.39 is 0 Å². The molecular weight excluding hydrogens is 84.1 g/mol. The van der Waals surface area contributed by atoms with Crippen molar-refractivity contribution < 1.29 is 0 Å². The van der Waals surface area contributed by atoms with Gasteiger partial charge in [0.15, 0.2) is 0 Å². The van der Waals surface area contributed by atoms with Crippen molar-refractivity contribution in [2.75, 3.05) is 0 Å². The lowest BCUT2D eigenvalue weighted by molar-refractivity contribution is 0.292. The van der Waals surface area contributed by atoms with Gasteiger partial charge in [-0.2, -0.15) is 0 Å². The van der Waals surface area contributed by atoms with Crippen LogP contribution < -0.4 is 0 Å². The average molecular weight is 92.1 g/mol. The molecule has 0 heterocycles. The van der Waals surface area contributed by atoms with Gasteiger partial charge in [-0.15, -0.1) is 0 Å². The quantitative estimate of drug-likeness (QED) is 0.399. The van der Waals surface area contributed by atoms with Crippen LogP contribution in [0.15, 0.2) is 11.1 Å². The van der Waals surface area contributed by atoms with Crippen molar-refractivity contribution in [3.63, 3.8) is 0 Å². The third kappa shape index (κ3) is 0.131. The van der Waals surface area contributed by atoms with Crippen LogP contribution in [0, 0.1) is 11.8 Å². The van der Waals surface area contributed by atoms with Gasteiger partial charge in [-0.3, -0.25) is 0 Å². The van der Waals surface area contributed by atoms with Crippen molar-refractivity contribution in [1.82, 2.24) is 0 Å². The molecule has 7 heavy (non-hydrogen) atoms. The Morgan fingerprint density at radius 1 is 1.14 bits per heavy atom. The van der Waals surface area contributed by atoms with E-state index in [1.54, 1.807) is 0 Å². The van der Waals surface area contributed by atoms with E-state index in [4.69, 9.17) is 0 Å². The van der Waals surface area contributed by atoms with E-state index in [1.165, 1.54) is 19.3 Å². The van der Waals surface area contributed by atoms with E-state index in [0.717, 1.165) is 11.8 Å². The summed E-state index contributed by atoms with van der Waals surface area (Å²) in [5.74, 6) is 2.27. The Bertz CT molecular complexity index is 159.